The molecule has 5 atom stereocenters. The first-order chi connectivity index (χ1) is 8.57. The van der Waals surface area contributed by atoms with Gasteiger partial charge in [0.25, 0.3) is 0 Å². The van der Waals surface area contributed by atoms with Crippen molar-refractivity contribution in [3.63, 3.8) is 0 Å². The molecule has 3 aliphatic rings. The highest BCUT2D eigenvalue weighted by molar-refractivity contribution is 5.12. The average Bonchev–Trinajstić information content (AvgIpc) is 2.65. The Morgan fingerprint density at radius 1 is 0.895 bits per heavy atom. The number of fused-ring (bicyclic) bond motifs is 3. The molecule has 1 heteroatoms. The quantitative estimate of drug-likeness (QED) is 0.605. The largest absolute Gasteiger partial charge is 0.372 e. The Morgan fingerprint density at radius 2 is 1.53 bits per heavy atom. The van der Waals surface area contributed by atoms with Crippen molar-refractivity contribution in [1.82, 2.24) is 0 Å². The van der Waals surface area contributed by atoms with Crippen molar-refractivity contribution in [3.8, 4) is 0 Å². The van der Waals surface area contributed by atoms with E-state index in [9.17, 15) is 0 Å². The van der Waals surface area contributed by atoms with E-state index < -0.39 is 0 Å². The van der Waals surface area contributed by atoms with Gasteiger partial charge >= 0.3 is 0 Å². The van der Waals surface area contributed by atoms with E-state index in [2.05, 4.69) is 48.5 Å². The first kappa shape index (κ1) is 13.9. The van der Waals surface area contributed by atoms with Crippen LogP contribution in [-0.2, 0) is 4.74 Å². The predicted octanol–water partition coefficient (Wildman–Crippen LogP) is 4.90. The van der Waals surface area contributed by atoms with Gasteiger partial charge in [-0.15, -0.1) is 0 Å². The van der Waals surface area contributed by atoms with Gasteiger partial charge in [0.15, 0.2) is 0 Å². The lowest BCUT2D eigenvalue weighted by Crippen LogP contribution is -2.42. The van der Waals surface area contributed by atoms with Gasteiger partial charge in [-0.1, -0.05) is 34.6 Å². The summed E-state index contributed by atoms with van der Waals surface area (Å²) >= 11 is 0. The summed E-state index contributed by atoms with van der Waals surface area (Å²) in [4.78, 5) is 0. The van der Waals surface area contributed by atoms with Gasteiger partial charge in [0, 0.05) is 0 Å². The van der Waals surface area contributed by atoms with E-state index in [1.54, 1.807) is 0 Å². The Balaban J connectivity index is 1.99. The SMILES string of the molecule is C[C@@H]1C(C)(C)[C@@H]2[C@@H]3OC(C)(C)C[C@@H]3CC[C@H]2C1(C)C. The molecular weight excluding hydrogens is 232 g/mol. The molecule has 3 fully saturated rings. The summed E-state index contributed by atoms with van der Waals surface area (Å²) in [5.41, 5.74) is 0.990. The van der Waals surface area contributed by atoms with E-state index in [1.165, 1.54) is 19.3 Å². The molecule has 3 rings (SSSR count). The van der Waals surface area contributed by atoms with Gasteiger partial charge in [-0.2, -0.15) is 0 Å². The van der Waals surface area contributed by atoms with Crippen LogP contribution in [0.3, 0.4) is 0 Å². The molecule has 0 aromatic rings. The number of hydrogen-bond donors (Lipinski definition) is 0. The summed E-state index contributed by atoms with van der Waals surface area (Å²) in [7, 11) is 0. The number of ether oxygens (including phenoxy) is 1. The summed E-state index contributed by atoms with van der Waals surface area (Å²) in [6.45, 7) is 17.1. The molecule has 1 heterocycles. The first-order valence-electron chi connectivity index (χ1n) is 8.25. The number of hydrogen-bond acceptors (Lipinski definition) is 1. The molecule has 110 valence electrons. The Morgan fingerprint density at radius 3 is 2.16 bits per heavy atom. The normalized spacial score (nSPS) is 49.7. The van der Waals surface area contributed by atoms with E-state index in [-0.39, 0.29) is 5.60 Å². The molecule has 19 heavy (non-hydrogen) atoms. The van der Waals surface area contributed by atoms with Crippen molar-refractivity contribution in [3.05, 3.63) is 0 Å². The number of rotatable bonds is 0. The lowest BCUT2D eigenvalue weighted by Gasteiger charge is -2.43. The van der Waals surface area contributed by atoms with Crippen LogP contribution < -0.4 is 0 Å². The van der Waals surface area contributed by atoms with Crippen molar-refractivity contribution in [2.24, 2.45) is 34.5 Å². The molecule has 0 unspecified atom stereocenters. The second kappa shape index (κ2) is 3.78. The fourth-order valence-electron chi connectivity index (χ4n) is 6.04. The highest BCUT2D eigenvalue weighted by atomic mass is 16.5. The predicted molar refractivity (Wildman–Crippen MR) is 80.0 cm³/mol. The molecule has 0 bridgehead atoms. The maximum absolute atomic E-state index is 6.54. The zero-order valence-corrected chi connectivity index (χ0v) is 13.9. The van der Waals surface area contributed by atoms with Crippen molar-refractivity contribution in [1.29, 1.82) is 0 Å². The molecular formula is C18H32O. The summed E-state index contributed by atoms with van der Waals surface area (Å²) < 4.78 is 6.54. The van der Waals surface area contributed by atoms with Gasteiger partial charge in [-0.3, -0.25) is 0 Å². The van der Waals surface area contributed by atoms with Gasteiger partial charge in [0.2, 0.25) is 0 Å². The standard InChI is InChI=1S/C18H32O/c1-11-17(4,5)13-9-8-12-10-16(2,3)19-15(12)14(13)18(11,6)7/h11-15H,8-10H2,1-7H3/t11-,12-,13+,14-,15+/m0/s1. The average molecular weight is 264 g/mol. The van der Waals surface area contributed by atoms with E-state index in [0.29, 0.717) is 16.9 Å². The summed E-state index contributed by atoms with van der Waals surface area (Å²) in [6.07, 6.45) is 4.60. The minimum atomic E-state index is 0.107. The van der Waals surface area contributed by atoms with Gasteiger partial charge in [0.05, 0.1) is 11.7 Å². The monoisotopic (exact) mass is 264 g/mol. The maximum Gasteiger partial charge on any atom is 0.0647 e. The lowest BCUT2D eigenvalue weighted by atomic mass is 9.64. The zero-order valence-electron chi connectivity index (χ0n) is 13.9. The van der Waals surface area contributed by atoms with Crippen LogP contribution in [-0.4, -0.2) is 11.7 Å². The Kier molecular flexibility index (Phi) is 2.77. The van der Waals surface area contributed by atoms with E-state index in [4.69, 9.17) is 4.74 Å². The molecule has 0 radical (unpaired) electrons. The molecule has 1 aliphatic heterocycles. The van der Waals surface area contributed by atoms with Gasteiger partial charge in [-0.05, 0) is 67.6 Å². The lowest BCUT2D eigenvalue weighted by molar-refractivity contribution is -0.0952. The fourth-order valence-corrected chi connectivity index (χ4v) is 6.04. The van der Waals surface area contributed by atoms with Gasteiger partial charge in [0.1, 0.15) is 0 Å². The third kappa shape index (κ3) is 1.76. The Labute approximate surface area is 119 Å². The zero-order chi connectivity index (χ0) is 14.2. The highest BCUT2D eigenvalue weighted by Crippen LogP contribution is 2.67. The van der Waals surface area contributed by atoms with Crippen molar-refractivity contribution < 1.29 is 4.74 Å². The van der Waals surface area contributed by atoms with E-state index in [0.717, 1.165) is 23.7 Å². The fraction of sp³-hybridized carbons (Fsp3) is 1.00. The molecule has 0 aromatic carbocycles. The molecule has 0 amide bonds. The smallest absolute Gasteiger partial charge is 0.0647 e. The molecule has 0 spiro atoms. The second-order valence-corrected chi connectivity index (χ2v) is 9.38. The minimum Gasteiger partial charge on any atom is -0.372 e. The molecule has 2 aliphatic carbocycles. The molecule has 0 N–H and O–H groups in total. The van der Waals surface area contributed by atoms with E-state index in [1.807, 2.05) is 0 Å². The van der Waals surface area contributed by atoms with Crippen LogP contribution in [0.4, 0.5) is 0 Å². The molecule has 1 nitrogen and oxygen atoms in total. The molecule has 1 saturated heterocycles. The van der Waals surface area contributed by atoms with Crippen molar-refractivity contribution >= 4 is 0 Å². The van der Waals surface area contributed by atoms with Crippen molar-refractivity contribution in [2.45, 2.75) is 79.4 Å². The molecule has 0 aromatic heterocycles. The topological polar surface area (TPSA) is 9.23 Å². The van der Waals surface area contributed by atoms with Crippen molar-refractivity contribution in [2.75, 3.05) is 0 Å². The van der Waals surface area contributed by atoms with Crippen LogP contribution in [0, 0.1) is 34.5 Å². The van der Waals surface area contributed by atoms with Crippen LogP contribution in [0.15, 0.2) is 0 Å². The van der Waals surface area contributed by atoms with Crippen LogP contribution in [0.5, 0.6) is 0 Å². The van der Waals surface area contributed by atoms with Gasteiger partial charge in [-0.25, -0.2) is 0 Å². The highest BCUT2D eigenvalue weighted by Gasteiger charge is 2.64. The Hall–Kier alpha value is -0.0400. The summed E-state index contributed by atoms with van der Waals surface area (Å²) in [5, 5.41) is 0. The molecule has 2 saturated carbocycles. The minimum absolute atomic E-state index is 0.107. The first-order valence-corrected chi connectivity index (χ1v) is 8.25. The summed E-state index contributed by atoms with van der Waals surface area (Å²) in [5.74, 6) is 3.21. The van der Waals surface area contributed by atoms with Gasteiger partial charge < -0.3 is 4.74 Å². The Bertz CT molecular complexity index is 379. The third-order valence-corrected chi connectivity index (χ3v) is 7.36. The van der Waals surface area contributed by atoms with Crippen LogP contribution in [0.1, 0.15) is 67.7 Å². The van der Waals surface area contributed by atoms with E-state index >= 15 is 0 Å². The second-order valence-electron chi connectivity index (χ2n) is 9.38. The third-order valence-electron chi connectivity index (χ3n) is 7.36. The van der Waals surface area contributed by atoms with Crippen LogP contribution >= 0.6 is 0 Å². The van der Waals surface area contributed by atoms with Crippen LogP contribution in [0.2, 0.25) is 0 Å². The summed E-state index contributed by atoms with van der Waals surface area (Å²) in [6, 6.07) is 0. The van der Waals surface area contributed by atoms with Crippen LogP contribution in [0.25, 0.3) is 0 Å². The maximum atomic E-state index is 6.54.